The molecule has 0 atom stereocenters. The molecule has 0 saturated carbocycles. The second-order valence-electron chi connectivity index (χ2n) is 2.04. The first-order valence-corrected chi connectivity index (χ1v) is 3.43. The molecule has 0 aliphatic rings. The van der Waals surface area contributed by atoms with Crippen LogP contribution in [-0.2, 0) is 6.54 Å². The van der Waals surface area contributed by atoms with Gasteiger partial charge in [-0.3, -0.25) is 0 Å². The van der Waals surface area contributed by atoms with Crippen molar-refractivity contribution in [1.29, 1.82) is 0 Å². The predicted octanol–water partition coefficient (Wildman–Crippen LogP) is 1.96. The van der Waals surface area contributed by atoms with Crippen LogP contribution in [0.25, 0.3) is 0 Å². The van der Waals surface area contributed by atoms with Gasteiger partial charge in [0, 0.05) is 10.6 Å². The largest absolute Gasteiger partial charge is 0.316 e. The van der Waals surface area contributed by atoms with E-state index >= 15 is 0 Å². The van der Waals surface area contributed by atoms with E-state index in [0.29, 0.717) is 5.02 Å². The summed E-state index contributed by atoms with van der Waals surface area (Å²) in [4.78, 5) is 0. The minimum atomic E-state index is -0.418. The Bertz CT molecular complexity index is 234. The third kappa shape index (κ3) is 1.89. The molecule has 11 heavy (non-hydrogen) atoms. The monoisotopic (exact) mass is 175 g/mol. The Morgan fingerprint density at radius 1 is 1.55 bits per heavy atom. The van der Waals surface area contributed by atoms with E-state index in [1.54, 1.807) is 6.07 Å². The number of nitrogens with one attached hydrogen (secondary N) is 1. The van der Waals surface area contributed by atoms with E-state index < -0.39 is 5.82 Å². The molecular formula is C7H7ClFNO. The van der Waals surface area contributed by atoms with E-state index in [-0.39, 0.29) is 12.1 Å². The highest BCUT2D eigenvalue weighted by molar-refractivity contribution is 6.31. The zero-order chi connectivity index (χ0) is 8.27. The average Bonchev–Trinajstić information content (AvgIpc) is 1.97. The van der Waals surface area contributed by atoms with Gasteiger partial charge in [0.05, 0.1) is 6.54 Å². The van der Waals surface area contributed by atoms with Crippen molar-refractivity contribution in [3.05, 3.63) is 34.6 Å². The van der Waals surface area contributed by atoms with Crippen molar-refractivity contribution in [3.63, 3.8) is 0 Å². The van der Waals surface area contributed by atoms with Crippen LogP contribution in [0.1, 0.15) is 5.56 Å². The predicted molar refractivity (Wildman–Crippen MR) is 40.0 cm³/mol. The van der Waals surface area contributed by atoms with Crippen LogP contribution in [0.15, 0.2) is 18.2 Å². The summed E-state index contributed by atoms with van der Waals surface area (Å²) in [5.74, 6) is -0.418. The first-order valence-electron chi connectivity index (χ1n) is 3.05. The standard InChI is InChI=1S/C7H7ClFNO/c8-6-2-1-3-7(9)5(6)4-10-11/h1-3,10-11H,4H2. The average molecular weight is 176 g/mol. The quantitative estimate of drug-likeness (QED) is 0.674. The minimum Gasteiger partial charge on any atom is -0.316 e. The molecule has 0 heterocycles. The summed E-state index contributed by atoms with van der Waals surface area (Å²) in [6.07, 6.45) is 0. The highest BCUT2D eigenvalue weighted by atomic mass is 35.5. The van der Waals surface area contributed by atoms with E-state index in [2.05, 4.69) is 0 Å². The van der Waals surface area contributed by atoms with E-state index in [1.807, 2.05) is 5.48 Å². The van der Waals surface area contributed by atoms with E-state index in [9.17, 15) is 4.39 Å². The number of hydrogen-bond donors (Lipinski definition) is 2. The Labute approximate surface area is 68.6 Å². The molecule has 0 saturated heterocycles. The number of hydrogen-bond acceptors (Lipinski definition) is 2. The van der Waals surface area contributed by atoms with Crippen LogP contribution in [0.2, 0.25) is 5.02 Å². The lowest BCUT2D eigenvalue weighted by Gasteiger charge is -2.02. The molecule has 0 radical (unpaired) electrons. The van der Waals surface area contributed by atoms with Gasteiger partial charge in [0.2, 0.25) is 0 Å². The lowest BCUT2D eigenvalue weighted by Crippen LogP contribution is -2.08. The van der Waals surface area contributed by atoms with Crippen LogP contribution in [0.3, 0.4) is 0 Å². The minimum absolute atomic E-state index is 0.0194. The Morgan fingerprint density at radius 2 is 2.27 bits per heavy atom. The molecule has 0 amide bonds. The highest BCUT2D eigenvalue weighted by Gasteiger charge is 2.04. The van der Waals surface area contributed by atoms with E-state index in [1.165, 1.54) is 12.1 Å². The van der Waals surface area contributed by atoms with Crippen molar-refractivity contribution in [2.75, 3.05) is 0 Å². The van der Waals surface area contributed by atoms with E-state index in [0.717, 1.165) is 0 Å². The molecule has 2 nitrogen and oxygen atoms in total. The number of halogens is 2. The maximum Gasteiger partial charge on any atom is 0.129 e. The van der Waals surface area contributed by atoms with Gasteiger partial charge in [-0.1, -0.05) is 17.7 Å². The van der Waals surface area contributed by atoms with Crippen LogP contribution >= 0.6 is 11.6 Å². The molecule has 0 aliphatic heterocycles. The summed E-state index contributed by atoms with van der Waals surface area (Å²) in [6, 6.07) is 4.37. The van der Waals surface area contributed by atoms with Gasteiger partial charge in [0.15, 0.2) is 0 Å². The summed E-state index contributed by atoms with van der Waals surface area (Å²) in [5.41, 5.74) is 2.12. The van der Waals surface area contributed by atoms with E-state index in [4.69, 9.17) is 16.8 Å². The Balaban J connectivity index is 3.00. The lowest BCUT2D eigenvalue weighted by atomic mass is 10.2. The van der Waals surface area contributed by atoms with Crippen LogP contribution in [-0.4, -0.2) is 5.21 Å². The molecule has 0 unspecified atom stereocenters. The topological polar surface area (TPSA) is 32.3 Å². The van der Waals surface area contributed by atoms with Crippen molar-refractivity contribution in [3.8, 4) is 0 Å². The number of hydroxylamine groups is 1. The van der Waals surface area contributed by atoms with Crippen LogP contribution in [0.4, 0.5) is 4.39 Å². The normalized spacial score (nSPS) is 10.1. The van der Waals surface area contributed by atoms with Crippen molar-refractivity contribution in [1.82, 2.24) is 5.48 Å². The van der Waals surface area contributed by atoms with Crippen LogP contribution in [0, 0.1) is 5.82 Å². The summed E-state index contributed by atoms with van der Waals surface area (Å²) < 4.78 is 12.8. The molecule has 1 aromatic rings. The van der Waals surface area contributed by atoms with Crippen LogP contribution < -0.4 is 5.48 Å². The lowest BCUT2D eigenvalue weighted by molar-refractivity contribution is 0.160. The molecule has 2 N–H and O–H groups in total. The smallest absolute Gasteiger partial charge is 0.129 e. The molecule has 1 rings (SSSR count). The zero-order valence-electron chi connectivity index (χ0n) is 5.64. The second-order valence-corrected chi connectivity index (χ2v) is 2.44. The van der Waals surface area contributed by atoms with Gasteiger partial charge in [-0.25, -0.2) is 9.87 Å². The first-order chi connectivity index (χ1) is 5.25. The Kier molecular flexibility index (Phi) is 2.82. The molecule has 0 aromatic heterocycles. The van der Waals surface area contributed by atoms with Gasteiger partial charge in [-0.2, -0.15) is 0 Å². The molecule has 4 heteroatoms. The Hall–Kier alpha value is -0.640. The molecule has 0 bridgehead atoms. The summed E-state index contributed by atoms with van der Waals surface area (Å²) in [7, 11) is 0. The summed E-state index contributed by atoms with van der Waals surface area (Å²) >= 11 is 5.62. The molecular weight excluding hydrogens is 169 g/mol. The number of rotatable bonds is 2. The van der Waals surface area contributed by atoms with Gasteiger partial charge in [-0.05, 0) is 12.1 Å². The molecule has 0 spiro atoms. The fourth-order valence-electron chi connectivity index (χ4n) is 0.780. The molecule has 60 valence electrons. The van der Waals surface area contributed by atoms with Crippen molar-refractivity contribution in [2.45, 2.75) is 6.54 Å². The fourth-order valence-corrected chi connectivity index (χ4v) is 1.01. The molecule has 0 fully saturated rings. The van der Waals surface area contributed by atoms with Gasteiger partial charge < -0.3 is 5.21 Å². The fraction of sp³-hybridized carbons (Fsp3) is 0.143. The SMILES string of the molecule is ONCc1c(F)cccc1Cl. The number of benzene rings is 1. The zero-order valence-corrected chi connectivity index (χ0v) is 6.40. The van der Waals surface area contributed by atoms with Crippen molar-refractivity contribution < 1.29 is 9.60 Å². The Morgan fingerprint density at radius 3 is 2.82 bits per heavy atom. The van der Waals surface area contributed by atoms with Gasteiger partial charge >= 0.3 is 0 Å². The van der Waals surface area contributed by atoms with Gasteiger partial charge in [0.1, 0.15) is 5.82 Å². The first kappa shape index (κ1) is 8.46. The third-order valence-electron chi connectivity index (χ3n) is 1.32. The second kappa shape index (κ2) is 3.67. The summed E-state index contributed by atoms with van der Waals surface area (Å²) in [5, 5.41) is 8.60. The maximum absolute atomic E-state index is 12.8. The molecule has 1 aromatic carbocycles. The highest BCUT2D eigenvalue weighted by Crippen LogP contribution is 2.17. The van der Waals surface area contributed by atoms with Crippen LogP contribution in [0.5, 0.6) is 0 Å². The van der Waals surface area contributed by atoms with Gasteiger partial charge in [0.25, 0.3) is 0 Å². The van der Waals surface area contributed by atoms with Crippen molar-refractivity contribution in [2.24, 2.45) is 0 Å². The maximum atomic E-state index is 12.8. The van der Waals surface area contributed by atoms with Crippen molar-refractivity contribution >= 4 is 11.6 Å². The molecule has 0 aliphatic carbocycles. The van der Waals surface area contributed by atoms with Gasteiger partial charge in [-0.15, -0.1) is 0 Å². The summed E-state index contributed by atoms with van der Waals surface area (Å²) in [6.45, 7) is 0.0194. The third-order valence-corrected chi connectivity index (χ3v) is 1.67.